The van der Waals surface area contributed by atoms with Gasteiger partial charge in [-0.1, -0.05) is 0 Å². The number of carbonyl (C=O) groups excluding carboxylic acids is 1. The molecule has 1 aromatic heterocycles. The summed E-state index contributed by atoms with van der Waals surface area (Å²) in [5.74, 6) is 0. The second kappa shape index (κ2) is 4.09. The zero-order valence-corrected chi connectivity index (χ0v) is 9.57. The summed E-state index contributed by atoms with van der Waals surface area (Å²) >= 11 is 5.82. The van der Waals surface area contributed by atoms with Gasteiger partial charge >= 0.3 is 92.2 Å². The molecule has 0 spiro atoms. The topological polar surface area (TPSA) is 30.0 Å². The number of carbonyl (C=O) groups is 1. The van der Waals surface area contributed by atoms with Gasteiger partial charge in [0.1, 0.15) is 0 Å². The van der Waals surface area contributed by atoms with Crippen LogP contribution in [0, 0.1) is 0 Å². The molecule has 0 N–H and O–H groups in total. The van der Waals surface area contributed by atoms with Gasteiger partial charge in [-0.25, -0.2) is 0 Å². The molecule has 2 nitrogen and oxygen atoms in total. The number of nitrogens with zero attached hydrogens (tertiary/aromatic N) is 1. The van der Waals surface area contributed by atoms with E-state index in [4.69, 9.17) is 11.6 Å². The maximum absolute atomic E-state index is 10.5. The van der Waals surface area contributed by atoms with E-state index in [1.807, 2.05) is 24.3 Å². The maximum atomic E-state index is 10.5. The van der Waals surface area contributed by atoms with Crippen LogP contribution >= 0.6 is 11.6 Å². The van der Waals surface area contributed by atoms with Crippen LogP contribution in [-0.4, -0.2) is 25.8 Å². The summed E-state index contributed by atoms with van der Waals surface area (Å²) in [6, 6.07) is 7.50. The van der Waals surface area contributed by atoms with Gasteiger partial charge in [0.15, 0.2) is 0 Å². The first-order chi connectivity index (χ1) is 6.79. The molecule has 0 saturated heterocycles. The number of aromatic nitrogens is 1. The molecule has 2 rings (SSSR count). The number of hydrogen-bond acceptors (Lipinski definition) is 2. The van der Waals surface area contributed by atoms with Gasteiger partial charge in [-0.3, -0.25) is 0 Å². The van der Waals surface area contributed by atoms with Crippen molar-refractivity contribution in [3.05, 3.63) is 39.9 Å². The third kappa shape index (κ3) is 1.95. The van der Waals surface area contributed by atoms with Crippen molar-refractivity contribution in [3.8, 4) is 10.1 Å². The van der Waals surface area contributed by atoms with Crippen LogP contribution < -0.4 is 0 Å². The van der Waals surface area contributed by atoms with Crippen LogP contribution in [0.2, 0.25) is 5.02 Å². The van der Waals surface area contributed by atoms with Crippen molar-refractivity contribution < 1.29 is 4.79 Å². The van der Waals surface area contributed by atoms with Crippen LogP contribution in [0.1, 0.15) is 9.23 Å². The number of hydrogen-bond donors (Lipinski definition) is 0. The van der Waals surface area contributed by atoms with Gasteiger partial charge in [-0.2, -0.15) is 0 Å². The van der Waals surface area contributed by atoms with Crippen LogP contribution in [0.3, 0.4) is 0 Å². The summed E-state index contributed by atoms with van der Waals surface area (Å²) in [6.07, 6.45) is 2.50. The Balaban J connectivity index is 2.39. The molecule has 0 fully saturated rings. The molecule has 2 aromatic rings. The molecule has 4 heteroatoms. The molecule has 0 radical (unpaired) electrons. The molecule has 0 amide bonds. The predicted octanol–water partition coefficient (Wildman–Crippen LogP) is 2.27. The van der Waals surface area contributed by atoms with Gasteiger partial charge in [0.05, 0.1) is 0 Å². The third-order valence-electron chi connectivity index (χ3n) is 1.73. The van der Waals surface area contributed by atoms with Crippen LogP contribution in [0.5, 0.6) is 0 Å². The van der Waals surface area contributed by atoms with E-state index >= 15 is 0 Å². The summed E-state index contributed by atoms with van der Waals surface area (Å²) < 4.78 is 1.76. The molecular weight excluding hydrogens is 265 g/mol. The Bertz CT molecular complexity index is 449. The number of benzene rings is 1. The first kappa shape index (κ1) is 9.66. The first-order valence-electron chi connectivity index (χ1n) is 3.96. The Morgan fingerprint density at radius 2 is 2.00 bits per heavy atom. The number of rotatable bonds is 2. The van der Waals surface area contributed by atoms with Crippen LogP contribution in [0.15, 0.2) is 30.5 Å². The number of halogens is 1. The fourth-order valence-electron chi connectivity index (χ4n) is 1.07. The molecule has 0 saturated carbocycles. The first-order valence-corrected chi connectivity index (χ1v) is 6.05. The summed E-state index contributed by atoms with van der Waals surface area (Å²) in [7, 11) is 0. The zero-order chi connectivity index (χ0) is 9.97. The second-order valence-electron chi connectivity index (χ2n) is 2.69. The van der Waals surface area contributed by atoms with Crippen LogP contribution in [0.4, 0.5) is 0 Å². The molecule has 1 aromatic carbocycles. The van der Waals surface area contributed by atoms with E-state index in [2.05, 4.69) is 4.98 Å². The van der Waals surface area contributed by atoms with E-state index in [1.165, 1.54) is 0 Å². The van der Waals surface area contributed by atoms with E-state index in [9.17, 15) is 4.79 Å². The predicted molar refractivity (Wildman–Crippen MR) is 57.0 cm³/mol. The SMILES string of the molecule is O=Cc1cnc(-c2ccc(Cl)cc2)[se]1. The van der Waals surface area contributed by atoms with Crippen molar-refractivity contribution in [2.75, 3.05) is 0 Å². The second-order valence-corrected chi connectivity index (χ2v) is 5.36. The summed E-state index contributed by atoms with van der Waals surface area (Å²) in [5.41, 5.74) is 1.04. The zero-order valence-electron chi connectivity index (χ0n) is 7.11. The average molecular weight is 271 g/mol. The fraction of sp³-hybridized carbons (Fsp3) is 0. The molecular formula is C10H6ClNOSe. The van der Waals surface area contributed by atoms with Crippen molar-refractivity contribution >= 4 is 32.4 Å². The molecule has 0 aliphatic heterocycles. The van der Waals surface area contributed by atoms with Gasteiger partial charge in [-0.15, -0.1) is 0 Å². The Hall–Kier alpha value is -0.891. The van der Waals surface area contributed by atoms with E-state index in [-0.39, 0.29) is 14.5 Å². The third-order valence-corrected chi connectivity index (χ3v) is 4.02. The molecule has 14 heavy (non-hydrogen) atoms. The molecule has 0 aliphatic rings. The van der Waals surface area contributed by atoms with E-state index in [0.29, 0.717) is 5.02 Å². The summed E-state index contributed by atoms with van der Waals surface area (Å²) in [5, 5.41) is 0.711. The van der Waals surface area contributed by atoms with Gasteiger partial charge in [-0.05, 0) is 0 Å². The molecule has 1 heterocycles. The minimum atomic E-state index is 0.0512. The minimum absolute atomic E-state index is 0.0512. The summed E-state index contributed by atoms with van der Waals surface area (Å²) in [6.45, 7) is 0. The van der Waals surface area contributed by atoms with Crippen molar-refractivity contribution in [3.63, 3.8) is 0 Å². The average Bonchev–Trinajstić information content (AvgIpc) is 2.67. The van der Waals surface area contributed by atoms with Crippen molar-refractivity contribution in [2.45, 2.75) is 0 Å². The van der Waals surface area contributed by atoms with Crippen LogP contribution in [-0.2, 0) is 0 Å². The van der Waals surface area contributed by atoms with E-state index < -0.39 is 0 Å². The Morgan fingerprint density at radius 3 is 2.57 bits per heavy atom. The monoisotopic (exact) mass is 271 g/mol. The molecule has 70 valence electrons. The van der Waals surface area contributed by atoms with Crippen LogP contribution in [0.25, 0.3) is 10.1 Å². The molecule has 0 aliphatic carbocycles. The van der Waals surface area contributed by atoms with Gasteiger partial charge < -0.3 is 0 Å². The van der Waals surface area contributed by atoms with E-state index in [1.54, 1.807) is 6.20 Å². The van der Waals surface area contributed by atoms with Gasteiger partial charge in [0.2, 0.25) is 0 Å². The fourth-order valence-corrected chi connectivity index (χ4v) is 2.74. The van der Waals surface area contributed by atoms with E-state index in [0.717, 1.165) is 20.9 Å². The Kier molecular flexibility index (Phi) is 2.82. The quantitative estimate of drug-likeness (QED) is 0.619. The number of aldehydes is 1. The Labute approximate surface area is 92.3 Å². The molecule has 0 atom stereocenters. The van der Waals surface area contributed by atoms with Crippen molar-refractivity contribution in [2.24, 2.45) is 0 Å². The standard InChI is InChI=1S/C10H6ClNOSe/c11-8-3-1-7(2-4-8)10-12-5-9(6-13)14-10/h1-6H. The van der Waals surface area contributed by atoms with Gasteiger partial charge in [0, 0.05) is 0 Å². The Morgan fingerprint density at radius 1 is 1.29 bits per heavy atom. The summed E-state index contributed by atoms with van der Waals surface area (Å²) in [4.78, 5) is 14.7. The molecule has 0 unspecified atom stereocenters. The molecule has 0 bridgehead atoms. The normalized spacial score (nSPS) is 10.1. The van der Waals surface area contributed by atoms with Gasteiger partial charge in [0.25, 0.3) is 0 Å². The van der Waals surface area contributed by atoms with Crippen molar-refractivity contribution in [1.29, 1.82) is 0 Å². The van der Waals surface area contributed by atoms with Crippen molar-refractivity contribution in [1.82, 2.24) is 4.98 Å².